The number of carbonyl (C=O) groups excluding carboxylic acids is 2. The molecule has 2 aromatic carbocycles. The molecule has 0 bridgehead atoms. The summed E-state index contributed by atoms with van der Waals surface area (Å²) in [6.07, 6.45) is 3.30. The molecule has 0 aliphatic carbocycles. The van der Waals surface area contributed by atoms with E-state index in [1.807, 2.05) is 37.3 Å². The second kappa shape index (κ2) is 7.89. The first kappa shape index (κ1) is 18.9. The molecule has 0 fully saturated rings. The molecule has 2 amide bonds. The molecule has 0 unspecified atom stereocenters. The Morgan fingerprint density at radius 2 is 1.69 bits per heavy atom. The van der Waals surface area contributed by atoms with Gasteiger partial charge in [-0.1, -0.05) is 47.5 Å². The van der Waals surface area contributed by atoms with Crippen molar-refractivity contribution in [1.82, 2.24) is 9.88 Å². The monoisotopic (exact) mass is 403 g/mol. The van der Waals surface area contributed by atoms with Gasteiger partial charge in [-0.15, -0.1) is 0 Å². The number of hydrogen-bond acceptors (Lipinski definition) is 4. The zero-order valence-electron chi connectivity index (χ0n) is 15.7. The molecular formula is C23H18ClN3O2. The van der Waals surface area contributed by atoms with Crippen LogP contribution in [0.2, 0.25) is 5.02 Å². The molecule has 2 heterocycles. The van der Waals surface area contributed by atoms with Crippen molar-refractivity contribution in [1.29, 1.82) is 0 Å². The van der Waals surface area contributed by atoms with Crippen LogP contribution >= 0.6 is 11.6 Å². The third-order valence-corrected chi connectivity index (χ3v) is 4.94. The lowest BCUT2D eigenvalue weighted by Gasteiger charge is -2.15. The van der Waals surface area contributed by atoms with Crippen molar-refractivity contribution >= 4 is 34.7 Å². The Balaban J connectivity index is 1.74. The average Bonchev–Trinajstić information content (AvgIpc) is 2.95. The van der Waals surface area contributed by atoms with Crippen LogP contribution in [0.4, 0.5) is 5.69 Å². The van der Waals surface area contributed by atoms with Crippen molar-refractivity contribution in [3.05, 3.63) is 100 Å². The molecule has 144 valence electrons. The summed E-state index contributed by atoms with van der Waals surface area (Å²) in [6.45, 7) is 2.14. The highest BCUT2D eigenvalue weighted by Gasteiger charge is 2.39. The minimum Gasteiger partial charge on any atom is -0.350 e. The number of pyridine rings is 1. The molecule has 0 radical (unpaired) electrons. The number of carbonyl (C=O) groups is 2. The lowest BCUT2D eigenvalue weighted by Crippen LogP contribution is -2.32. The predicted molar refractivity (Wildman–Crippen MR) is 113 cm³/mol. The van der Waals surface area contributed by atoms with Crippen LogP contribution in [-0.4, -0.2) is 21.7 Å². The molecule has 6 heteroatoms. The number of rotatable bonds is 5. The Morgan fingerprint density at radius 3 is 2.34 bits per heavy atom. The number of aryl methyl sites for hydroxylation is 1. The van der Waals surface area contributed by atoms with Gasteiger partial charge in [0.2, 0.25) is 0 Å². The maximum Gasteiger partial charge on any atom is 0.278 e. The van der Waals surface area contributed by atoms with Gasteiger partial charge in [-0.2, -0.15) is 0 Å². The standard InChI is InChI=1S/C23H18ClN3O2/c1-15-4-10-19(11-5-15)26-21-20(17-6-8-18(24)9-7-17)22(28)27(23(21)29)14-16-3-2-12-25-13-16/h2-13,26H,14H2,1H3. The molecule has 0 saturated heterocycles. The number of benzene rings is 2. The minimum atomic E-state index is -0.371. The van der Waals surface area contributed by atoms with Gasteiger partial charge in [0, 0.05) is 23.1 Å². The van der Waals surface area contributed by atoms with Crippen LogP contribution in [0.1, 0.15) is 16.7 Å². The molecular weight excluding hydrogens is 386 g/mol. The number of aromatic nitrogens is 1. The first-order valence-corrected chi connectivity index (χ1v) is 9.50. The van der Waals surface area contributed by atoms with E-state index in [9.17, 15) is 9.59 Å². The van der Waals surface area contributed by atoms with E-state index in [0.717, 1.165) is 16.8 Å². The van der Waals surface area contributed by atoms with Gasteiger partial charge in [0.1, 0.15) is 5.70 Å². The number of nitrogens with zero attached hydrogens (tertiary/aromatic N) is 2. The largest absolute Gasteiger partial charge is 0.350 e. The Morgan fingerprint density at radius 1 is 0.966 bits per heavy atom. The highest BCUT2D eigenvalue weighted by Crippen LogP contribution is 2.32. The van der Waals surface area contributed by atoms with E-state index in [4.69, 9.17) is 11.6 Å². The molecule has 0 spiro atoms. The first-order valence-electron chi connectivity index (χ1n) is 9.12. The Hall–Kier alpha value is -3.44. The van der Waals surface area contributed by atoms with Gasteiger partial charge in [0.15, 0.2) is 0 Å². The molecule has 5 nitrogen and oxygen atoms in total. The molecule has 1 aromatic heterocycles. The zero-order chi connectivity index (χ0) is 20.4. The molecule has 1 aliphatic rings. The molecule has 0 saturated carbocycles. The number of imide groups is 1. The van der Waals surface area contributed by atoms with Gasteiger partial charge in [0.05, 0.1) is 12.1 Å². The third kappa shape index (κ3) is 3.91. The predicted octanol–water partition coefficient (Wildman–Crippen LogP) is 4.44. The minimum absolute atomic E-state index is 0.154. The summed E-state index contributed by atoms with van der Waals surface area (Å²) in [5.74, 6) is -0.722. The number of nitrogens with one attached hydrogen (secondary N) is 1. The SMILES string of the molecule is Cc1ccc(NC2=C(c3ccc(Cl)cc3)C(=O)N(Cc3cccnc3)C2=O)cc1. The van der Waals surface area contributed by atoms with E-state index in [1.54, 1.807) is 42.7 Å². The number of anilines is 1. The van der Waals surface area contributed by atoms with Gasteiger partial charge in [-0.25, -0.2) is 0 Å². The topological polar surface area (TPSA) is 62.3 Å². The summed E-state index contributed by atoms with van der Waals surface area (Å²) in [5, 5.41) is 3.71. The fourth-order valence-electron chi connectivity index (χ4n) is 3.18. The van der Waals surface area contributed by atoms with E-state index in [1.165, 1.54) is 4.90 Å². The van der Waals surface area contributed by atoms with Crippen LogP contribution < -0.4 is 5.32 Å². The quantitative estimate of drug-likeness (QED) is 0.640. The van der Waals surface area contributed by atoms with E-state index < -0.39 is 0 Å². The van der Waals surface area contributed by atoms with Gasteiger partial charge >= 0.3 is 0 Å². The van der Waals surface area contributed by atoms with Crippen LogP contribution in [0.3, 0.4) is 0 Å². The van der Waals surface area contributed by atoms with Crippen molar-refractivity contribution in [3.8, 4) is 0 Å². The van der Waals surface area contributed by atoms with Gasteiger partial charge in [0.25, 0.3) is 11.8 Å². The Bertz CT molecular complexity index is 1090. The summed E-state index contributed by atoms with van der Waals surface area (Å²) in [5.41, 5.74) is 3.84. The second-order valence-electron chi connectivity index (χ2n) is 6.81. The summed E-state index contributed by atoms with van der Waals surface area (Å²) >= 11 is 6.00. The fraction of sp³-hybridized carbons (Fsp3) is 0.0870. The summed E-state index contributed by atoms with van der Waals surface area (Å²) < 4.78 is 0. The highest BCUT2D eigenvalue weighted by molar-refractivity contribution is 6.36. The van der Waals surface area contributed by atoms with Crippen molar-refractivity contribution in [2.45, 2.75) is 13.5 Å². The summed E-state index contributed by atoms with van der Waals surface area (Å²) in [4.78, 5) is 31.7. The molecule has 1 N–H and O–H groups in total. The van der Waals surface area contributed by atoms with E-state index in [2.05, 4.69) is 10.3 Å². The third-order valence-electron chi connectivity index (χ3n) is 4.69. The smallest absolute Gasteiger partial charge is 0.278 e. The molecule has 29 heavy (non-hydrogen) atoms. The maximum atomic E-state index is 13.2. The molecule has 1 aliphatic heterocycles. The normalized spacial score (nSPS) is 13.9. The highest BCUT2D eigenvalue weighted by atomic mass is 35.5. The number of amides is 2. The van der Waals surface area contributed by atoms with Crippen LogP contribution in [0.25, 0.3) is 5.57 Å². The van der Waals surface area contributed by atoms with Crippen LogP contribution in [0.5, 0.6) is 0 Å². The number of hydrogen-bond donors (Lipinski definition) is 1. The Kier molecular flexibility index (Phi) is 5.14. The average molecular weight is 404 g/mol. The second-order valence-corrected chi connectivity index (χ2v) is 7.24. The van der Waals surface area contributed by atoms with Crippen molar-refractivity contribution in [2.24, 2.45) is 0 Å². The van der Waals surface area contributed by atoms with Gasteiger partial charge < -0.3 is 5.32 Å². The van der Waals surface area contributed by atoms with Crippen molar-refractivity contribution in [3.63, 3.8) is 0 Å². The zero-order valence-corrected chi connectivity index (χ0v) is 16.5. The van der Waals surface area contributed by atoms with Gasteiger partial charge in [-0.05, 0) is 48.4 Å². The van der Waals surface area contributed by atoms with E-state index in [-0.39, 0.29) is 24.1 Å². The fourth-order valence-corrected chi connectivity index (χ4v) is 3.30. The molecule has 4 rings (SSSR count). The Labute approximate surface area is 173 Å². The first-order chi connectivity index (χ1) is 14.0. The van der Waals surface area contributed by atoms with Crippen LogP contribution in [0.15, 0.2) is 78.8 Å². The van der Waals surface area contributed by atoms with Crippen LogP contribution in [-0.2, 0) is 16.1 Å². The lowest BCUT2D eigenvalue weighted by molar-refractivity contribution is -0.137. The maximum absolute atomic E-state index is 13.2. The lowest BCUT2D eigenvalue weighted by atomic mass is 10.0. The number of halogens is 1. The summed E-state index contributed by atoms with van der Waals surface area (Å²) in [7, 11) is 0. The van der Waals surface area contributed by atoms with E-state index in [0.29, 0.717) is 16.2 Å². The van der Waals surface area contributed by atoms with Crippen molar-refractivity contribution < 1.29 is 9.59 Å². The molecule has 0 atom stereocenters. The molecule has 3 aromatic rings. The van der Waals surface area contributed by atoms with Gasteiger partial charge in [-0.3, -0.25) is 19.5 Å². The van der Waals surface area contributed by atoms with E-state index >= 15 is 0 Å². The summed E-state index contributed by atoms with van der Waals surface area (Å²) in [6, 6.07) is 18.1. The van der Waals surface area contributed by atoms with Crippen molar-refractivity contribution in [2.75, 3.05) is 5.32 Å². The van der Waals surface area contributed by atoms with Crippen LogP contribution in [0, 0.1) is 6.92 Å².